The third-order valence-corrected chi connectivity index (χ3v) is 7.20. The molecule has 6 rings (SSSR count). The van der Waals surface area contributed by atoms with Crippen molar-refractivity contribution in [3.8, 4) is 22.6 Å². The van der Waals surface area contributed by atoms with Crippen molar-refractivity contribution in [1.29, 1.82) is 0 Å². The minimum absolute atomic E-state index is 0. The van der Waals surface area contributed by atoms with Crippen molar-refractivity contribution in [3.05, 3.63) is 70.4 Å². The van der Waals surface area contributed by atoms with E-state index >= 15 is 0 Å². The monoisotopic (exact) mass is 483 g/mol. The van der Waals surface area contributed by atoms with Gasteiger partial charge in [0.1, 0.15) is 12.0 Å². The second kappa shape index (κ2) is 9.16. The summed E-state index contributed by atoms with van der Waals surface area (Å²) in [4.78, 5) is 6.10. The first kappa shape index (κ1) is 22.5. The molecule has 172 valence electrons. The van der Waals surface area contributed by atoms with Gasteiger partial charge < -0.3 is 14.5 Å². The van der Waals surface area contributed by atoms with Crippen LogP contribution in [0.15, 0.2) is 53.1 Å². The second-order valence-electron chi connectivity index (χ2n) is 8.88. The predicted molar refractivity (Wildman–Crippen MR) is 135 cm³/mol. The number of rotatable bonds is 4. The number of likely N-dealkylation sites (tertiary alicyclic amines) is 1. The summed E-state index contributed by atoms with van der Waals surface area (Å²) >= 11 is 6.74. The van der Waals surface area contributed by atoms with Gasteiger partial charge in [-0.25, -0.2) is 0 Å². The topological polar surface area (TPSA) is 64.4 Å². The number of halogens is 2. The van der Waals surface area contributed by atoms with E-state index in [0.29, 0.717) is 11.6 Å². The summed E-state index contributed by atoms with van der Waals surface area (Å²) in [6.45, 7) is 3.90. The van der Waals surface area contributed by atoms with Gasteiger partial charge in [-0.15, -0.1) is 12.4 Å². The van der Waals surface area contributed by atoms with Crippen LogP contribution in [0.3, 0.4) is 0 Å². The smallest absolute Gasteiger partial charge is 0.135 e. The Bertz CT molecular complexity index is 1280. The zero-order valence-electron chi connectivity index (χ0n) is 18.2. The summed E-state index contributed by atoms with van der Waals surface area (Å²) in [7, 11) is 0. The standard InChI is InChI=1S/C26H26ClN3O2.ClH/c27-25-19(23-5-4-10-32-23)13-18(24-20(25)14-28-26(24)31)22-12-17-11-16(6-7-21(17)29-22)15-30-8-2-1-3-9-30;/h4-7,10-13,26,28-29,31H,1-3,8-9,14-15H2;1H. The number of aromatic nitrogens is 1. The van der Waals surface area contributed by atoms with Crippen LogP contribution in [-0.4, -0.2) is 28.1 Å². The SMILES string of the molecule is Cl.OC1NCc2c(Cl)c(-c3ccco3)cc(-c3cc4cc(CN5CCCCC5)ccc4[nH]3)c21. The zero-order chi connectivity index (χ0) is 21.7. The number of aliphatic hydroxyl groups is 1. The van der Waals surface area contributed by atoms with Crippen molar-refractivity contribution in [3.63, 3.8) is 0 Å². The summed E-state index contributed by atoms with van der Waals surface area (Å²) < 4.78 is 5.64. The first-order valence-electron chi connectivity index (χ1n) is 11.3. The summed E-state index contributed by atoms with van der Waals surface area (Å²) in [6, 6.07) is 14.6. The molecular weight excluding hydrogens is 457 g/mol. The Hall–Kier alpha value is -2.28. The molecule has 1 saturated heterocycles. The molecule has 1 atom stereocenters. The number of H-pyrrole nitrogens is 1. The van der Waals surface area contributed by atoms with Crippen molar-refractivity contribution in [1.82, 2.24) is 15.2 Å². The van der Waals surface area contributed by atoms with Gasteiger partial charge in [-0.1, -0.05) is 24.1 Å². The van der Waals surface area contributed by atoms with E-state index in [4.69, 9.17) is 16.0 Å². The largest absolute Gasteiger partial charge is 0.464 e. The number of fused-ring (bicyclic) bond motifs is 2. The Kier molecular flexibility index (Phi) is 6.25. The number of nitrogens with zero attached hydrogens (tertiary/aromatic N) is 1. The van der Waals surface area contributed by atoms with Crippen LogP contribution in [-0.2, 0) is 13.1 Å². The molecule has 2 aromatic heterocycles. The average molecular weight is 484 g/mol. The Labute approximate surface area is 204 Å². The van der Waals surface area contributed by atoms with Gasteiger partial charge in [0.2, 0.25) is 0 Å². The van der Waals surface area contributed by atoms with Crippen molar-refractivity contribution in [2.24, 2.45) is 0 Å². The molecule has 0 aliphatic carbocycles. The summed E-state index contributed by atoms with van der Waals surface area (Å²) in [5.74, 6) is 0.723. The highest BCUT2D eigenvalue weighted by atomic mass is 35.5. The number of benzene rings is 2. The number of nitrogens with one attached hydrogen (secondary N) is 2. The molecule has 4 heterocycles. The van der Waals surface area contributed by atoms with Gasteiger partial charge in [0, 0.05) is 46.4 Å². The minimum Gasteiger partial charge on any atom is -0.464 e. The molecule has 7 heteroatoms. The van der Waals surface area contributed by atoms with E-state index in [9.17, 15) is 5.11 Å². The lowest BCUT2D eigenvalue weighted by molar-refractivity contribution is 0.152. The molecule has 2 aliphatic heterocycles. The molecule has 1 unspecified atom stereocenters. The van der Waals surface area contributed by atoms with E-state index in [1.807, 2.05) is 18.2 Å². The van der Waals surface area contributed by atoms with E-state index in [1.54, 1.807) is 6.26 Å². The lowest BCUT2D eigenvalue weighted by Crippen LogP contribution is -2.28. The highest BCUT2D eigenvalue weighted by molar-refractivity contribution is 6.34. The first-order valence-corrected chi connectivity index (χ1v) is 11.7. The van der Waals surface area contributed by atoms with Crippen LogP contribution < -0.4 is 5.32 Å². The van der Waals surface area contributed by atoms with Crippen LogP contribution in [0.5, 0.6) is 0 Å². The number of hydrogen-bond acceptors (Lipinski definition) is 4. The van der Waals surface area contributed by atoms with Crippen molar-refractivity contribution in [2.45, 2.75) is 38.6 Å². The van der Waals surface area contributed by atoms with Gasteiger partial charge in [0.15, 0.2) is 0 Å². The van der Waals surface area contributed by atoms with E-state index in [-0.39, 0.29) is 12.4 Å². The number of furan rings is 1. The van der Waals surface area contributed by atoms with Gasteiger partial charge in [-0.05, 0) is 73.5 Å². The van der Waals surface area contributed by atoms with E-state index < -0.39 is 6.23 Å². The normalized spacial score (nSPS) is 18.4. The van der Waals surface area contributed by atoms with Crippen LogP contribution in [0.2, 0.25) is 5.02 Å². The van der Waals surface area contributed by atoms with Crippen molar-refractivity contribution >= 4 is 34.9 Å². The van der Waals surface area contributed by atoms with Crippen molar-refractivity contribution < 1.29 is 9.52 Å². The van der Waals surface area contributed by atoms with Gasteiger partial charge in [0.05, 0.1) is 11.3 Å². The molecule has 2 aromatic carbocycles. The zero-order valence-corrected chi connectivity index (χ0v) is 19.8. The molecule has 2 aliphatic rings. The molecule has 33 heavy (non-hydrogen) atoms. The van der Waals surface area contributed by atoms with Gasteiger partial charge >= 0.3 is 0 Å². The van der Waals surface area contributed by atoms with E-state index in [0.717, 1.165) is 45.8 Å². The molecule has 4 aromatic rings. The molecular formula is C26H27Cl2N3O2. The molecule has 0 saturated carbocycles. The van der Waals surface area contributed by atoms with E-state index in [1.165, 1.54) is 43.3 Å². The van der Waals surface area contributed by atoms with Crippen LogP contribution in [0, 0.1) is 0 Å². The van der Waals surface area contributed by atoms with Gasteiger partial charge in [-0.3, -0.25) is 10.2 Å². The van der Waals surface area contributed by atoms with Crippen LogP contribution in [0.1, 0.15) is 42.2 Å². The fraction of sp³-hybridized carbons (Fsp3) is 0.308. The molecule has 0 bridgehead atoms. The Morgan fingerprint density at radius 1 is 1.06 bits per heavy atom. The molecule has 0 radical (unpaired) electrons. The lowest BCUT2D eigenvalue weighted by atomic mass is 9.95. The summed E-state index contributed by atoms with van der Waals surface area (Å²) in [6.07, 6.45) is 4.85. The maximum Gasteiger partial charge on any atom is 0.135 e. The number of hydrogen-bond donors (Lipinski definition) is 3. The van der Waals surface area contributed by atoms with Gasteiger partial charge in [-0.2, -0.15) is 0 Å². The lowest BCUT2D eigenvalue weighted by Gasteiger charge is -2.26. The second-order valence-corrected chi connectivity index (χ2v) is 9.26. The van der Waals surface area contributed by atoms with Crippen LogP contribution >= 0.6 is 24.0 Å². The third kappa shape index (κ3) is 4.09. The predicted octanol–water partition coefficient (Wildman–Crippen LogP) is 6.25. The molecule has 1 fully saturated rings. The Morgan fingerprint density at radius 2 is 1.91 bits per heavy atom. The first-order chi connectivity index (χ1) is 15.7. The molecule has 3 N–H and O–H groups in total. The third-order valence-electron chi connectivity index (χ3n) is 6.77. The highest BCUT2D eigenvalue weighted by Gasteiger charge is 2.29. The number of aromatic amines is 1. The van der Waals surface area contributed by atoms with Crippen LogP contribution in [0.25, 0.3) is 33.5 Å². The summed E-state index contributed by atoms with van der Waals surface area (Å²) in [5.41, 5.74) is 6.94. The van der Waals surface area contributed by atoms with Gasteiger partial charge in [0.25, 0.3) is 0 Å². The van der Waals surface area contributed by atoms with E-state index in [2.05, 4.69) is 39.5 Å². The minimum atomic E-state index is -0.746. The Balaban J connectivity index is 0.00000228. The highest BCUT2D eigenvalue weighted by Crippen LogP contribution is 2.43. The fourth-order valence-electron chi connectivity index (χ4n) is 5.15. The van der Waals surface area contributed by atoms with Crippen LogP contribution in [0.4, 0.5) is 0 Å². The Morgan fingerprint density at radius 3 is 2.70 bits per heavy atom. The molecule has 5 nitrogen and oxygen atoms in total. The maximum atomic E-state index is 10.7. The molecule has 0 spiro atoms. The average Bonchev–Trinajstić information content (AvgIpc) is 3.55. The summed E-state index contributed by atoms with van der Waals surface area (Å²) in [5, 5.41) is 15.6. The number of aliphatic hydroxyl groups excluding tert-OH is 1. The molecule has 0 amide bonds. The maximum absolute atomic E-state index is 10.7. The van der Waals surface area contributed by atoms with Crippen molar-refractivity contribution in [2.75, 3.05) is 13.1 Å². The quantitative estimate of drug-likeness (QED) is 0.320. The fourth-order valence-corrected chi connectivity index (χ4v) is 5.47. The number of piperidine rings is 1.